The molecule has 36 heavy (non-hydrogen) atoms. The van der Waals surface area contributed by atoms with Crippen LogP contribution in [0.25, 0.3) is 22.5 Å². The Morgan fingerprint density at radius 2 is 1.72 bits per heavy atom. The summed E-state index contributed by atoms with van der Waals surface area (Å²) in [7, 11) is 1.89. The number of nitrogens with one attached hydrogen (secondary N) is 3. The van der Waals surface area contributed by atoms with Crippen molar-refractivity contribution in [1.29, 1.82) is 0 Å². The summed E-state index contributed by atoms with van der Waals surface area (Å²) in [5.74, 6) is 2.38. The van der Waals surface area contributed by atoms with E-state index in [-0.39, 0.29) is 17.7 Å². The maximum atomic E-state index is 13.8. The lowest BCUT2D eigenvalue weighted by Crippen LogP contribution is -2.31. The number of nitrogens with zero attached hydrogens (tertiary/aromatic N) is 5. The van der Waals surface area contributed by atoms with Gasteiger partial charge in [-0.2, -0.15) is 10.2 Å². The van der Waals surface area contributed by atoms with Crippen LogP contribution in [0.4, 0.5) is 5.69 Å². The molecule has 2 aliphatic rings. The van der Waals surface area contributed by atoms with Crippen molar-refractivity contribution in [2.75, 3.05) is 5.32 Å². The molecule has 3 heterocycles. The van der Waals surface area contributed by atoms with Gasteiger partial charge in [0.15, 0.2) is 5.82 Å². The summed E-state index contributed by atoms with van der Waals surface area (Å²) in [5, 5.41) is 23.9. The Kier molecular flexibility index (Phi) is 5.50. The number of carbonyl (C=O) groups excluding carboxylic acids is 1. The lowest BCUT2D eigenvalue weighted by atomic mass is 9.82. The Morgan fingerprint density at radius 1 is 1.03 bits per heavy atom. The Labute approximate surface area is 210 Å². The predicted molar refractivity (Wildman–Crippen MR) is 137 cm³/mol. The van der Waals surface area contributed by atoms with Crippen LogP contribution < -0.4 is 5.32 Å². The number of H-pyrrole nitrogens is 2. The van der Waals surface area contributed by atoms with Crippen molar-refractivity contribution < 1.29 is 4.79 Å². The summed E-state index contributed by atoms with van der Waals surface area (Å²) in [4.78, 5) is 17.2. The lowest BCUT2D eigenvalue weighted by molar-refractivity contribution is -0.119. The van der Waals surface area contributed by atoms with Gasteiger partial charge >= 0.3 is 0 Å². The molecular formula is C27H32N8O. The van der Waals surface area contributed by atoms with Gasteiger partial charge in [-0.15, -0.1) is 10.2 Å². The summed E-state index contributed by atoms with van der Waals surface area (Å²) in [5.41, 5.74) is 6.75. The van der Waals surface area contributed by atoms with Crippen molar-refractivity contribution in [3.63, 3.8) is 0 Å². The molecule has 2 aliphatic carbocycles. The minimum absolute atomic E-state index is 0.0205. The van der Waals surface area contributed by atoms with E-state index in [9.17, 15) is 4.79 Å². The van der Waals surface area contributed by atoms with Gasteiger partial charge in [0.2, 0.25) is 5.91 Å². The second-order valence-electron chi connectivity index (χ2n) is 10.5. The number of rotatable bonds is 8. The van der Waals surface area contributed by atoms with E-state index in [2.05, 4.69) is 35.8 Å². The van der Waals surface area contributed by atoms with Gasteiger partial charge in [-0.3, -0.25) is 14.6 Å². The third-order valence-electron chi connectivity index (χ3n) is 7.64. The second kappa shape index (κ2) is 8.72. The summed E-state index contributed by atoms with van der Waals surface area (Å²) in [6.45, 7) is 5.97. The van der Waals surface area contributed by atoms with Crippen molar-refractivity contribution in [1.82, 2.24) is 35.2 Å². The molecule has 0 radical (unpaired) electrons. The number of amides is 1. The predicted octanol–water partition coefficient (Wildman–Crippen LogP) is 4.68. The fraction of sp³-hybridized carbons (Fsp3) is 0.444. The number of anilines is 1. The molecule has 3 N–H and O–H groups in total. The minimum Gasteiger partial charge on any atom is -0.325 e. The smallest absolute Gasteiger partial charge is 0.235 e. The van der Waals surface area contributed by atoms with E-state index in [1.165, 1.54) is 25.7 Å². The fourth-order valence-electron chi connectivity index (χ4n) is 5.66. The molecule has 0 aliphatic heterocycles. The van der Waals surface area contributed by atoms with Crippen molar-refractivity contribution in [2.45, 2.75) is 52.4 Å². The van der Waals surface area contributed by atoms with Gasteiger partial charge in [0.05, 0.1) is 17.0 Å². The highest BCUT2D eigenvalue weighted by Crippen LogP contribution is 2.54. The van der Waals surface area contributed by atoms with Crippen LogP contribution in [0, 0.1) is 38.5 Å². The van der Waals surface area contributed by atoms with Gasteiger partial charge in [-0.05, 0) is 81.9 Å². The number of hydrogen-bond donors (Lipinski definition) is 3. The molecule has 6 rings (SSSR count). The highest BCUT2D eigenvalue weighted by atomic mass is 16.2. The topological polar surface area (TPSA) is 117 Å². The summed E-state index contributed by atoms with van der Waals surface area (Å²) < 4.78 is 1.77. The highest BCUT2D eigenvalue weighted by Gasteiger charge is 2.49. The lowest BCUT2D eigenvalue weighted by Gasteiger charge is -2.24. The number of aromatic nitrogens is 7. The van der Waals surface area contributed by atoms with Crippen LogP contribution >= 0.6 is 0 Å². The van der Waals surface area contributed by atoms with Gasteiger partial charge in [0.25, 0.3) is 0 Å². The van der Waals surface area contributed by atoms with Crippen LogP contribution in [-0.4, -0.2) is 41.1 Å². The van der Waals surface area contributed by atoms with Crippen molar-refractivity contribution in [3.8, 4) is 22.5 Å². The van der Waals surface area contributed by atoms with E-state index in [1.807, 2.05) is 58.3 Å². The Hall–Kier alpha value is -3.75. The molecule has 186 valence electrons. The largest absolute Gasteiger partial charge is 0.325 e. The molecule has 2 fully saturated rings. The van der Waals surface area contributed by atoms with E-state index in [4.69, 9.17) is 0 Å². The quantitative estimate of drug-likeness (QED) is 0.336. The molecule has 4 aromatic rings. The van der Waals surface area contributed by atoms with Gasteiger partial charge in [-0.25, -0.2) is 0 Å². The standard InChI is InChI=1S/C27H32N8O/c1-14-21(13-35(4)34-14)25-29-26(33-32-25)24(23(18-5-6-18)19-7-8-19)27(36)28-20-11-9-17(10-12-20)22-15(2)30-31-16(22)3/h9-13,18-19,23-24H,5-8H2,1-4H3,(H,28,36)(H,30,31)(H,29,32,33). The van der Waals surface area contributed by atoms with E-state index < -0.39 is 0 Å². The zero-order valence-corrected chi connectivity index (χ0v) is 21.2. The Bertz CT molecular complexity index is 1370. The van der Waals surface area contributed by atoms with Gasteiger partial charge in [0.1, 0.15) is 11.7 Å². The number of hydrogen-bond acceptors (Lipinski definition) is 5. The molecule has 2 saturated carbocycles. The molecular weight excluding hydrogens is 452 g/mol. The van der Waals surface area contributed by atoms with E-state index in [0.29, 0.717) is 23.5 Å². The first-order chi connectivity index (χ1) is 17.4. The van der Waals surface area contributed by atoms with E-state index in [1.54, 1.807) is 4.68 Å². The molecule has 1 atom stereocenters. The van der Waals surface area contributed by atoms with Gasteiger partial charge in [0, 0.05) is 30.2 Å². The summed E-state index contributed by atoms with van der Waals surface area (Å²) >= 11 is 0. The average molecular weight is 485 g/mol. The van der Waals surface area contributed by atoms with Crippen LogP contribution in [-0.2, 0) is 11.8 Å². The van der Waals surface area contributed by atoms with Crippen LogP contribution in [0.2, 0.25) is 0 Å². The molecule has 0 spiro atoms. The third-order valence-corrected chi connectivity index (χ3v) is 7.64. The molecule has 0 saturated heterocycles. The molecule has 0 bridgehead atoms. The molecule has 3 aromatic heterocycles. The van der Waals surface area contributed by atoms with Crippen molar-refractivity contribution in [3.05, 3.63) is 53.4 Å². The summed E-state index contributed by atoms with van der Waals surface area (Å²) in [6.07, 6.45) is 6.67. The number of aryl methyl sites for hydroxylation is 4. The Balaban J connectivity index is 1.29. The maximum Gasteiger partial charge on any atom is 0.235 e. The molecule has 1 unspecified atom stereocenters. The van der Waals surface area contributed by atoms with E-state index >= 15 is 0 Å². The second-order valence-corrected chi connectivity index (χ2v) is 10.5. The average Bonchev–Trinajstić information content (AvgIpc) is 3.76. The first kappa shape index (κ1) is 22.7. The SMILES string of the molecule is Cc1nn(C)cc1-c1nnc(C(C(=O)Nc2ccc(-c3c(C)n[nH]c3C)cc2)C(C2CC2)C2CC2)[nH]1. The van der Waals surface area contributed by atoms with E-state index in [0.717, 1.165) is 39.5 Å². The molecule has 1 amide bonds. The van der Waals surface area contributed by atoms with Crippen molar-refractivity contribution >= 4 is 11.6 Å². The number of aromatic amines is 2. The van der Waals surface area contributed by atoms with Gasteiger partial charge < -0.3 is 10.3 Å². The molecule has 1 aromatic carbocycles. The monoisotopic (exact) mass is 484 g/mol. The zero-order chi connectivity index (χ0) is 25.0. The third kappa shape index (κ3) is 4.23. The zero-order valence-electron chi connectivity index (χ0n) is 21.2. The van der Waals surface area contributed by atoms with Crippen molar-refractivity contribution in [2.24, 2.45) is 24.8 Å². The first-order valence-corrected chi connectivity index (χ1v) is 12.7. The highest BCUT2D eigenvalue weighted by molar-refractivity contribution is 5.96. The molecule has 9 heteroatoms. The van der Waals surface area contributed by atoms with Gasteiger partial charge in [-0.1, -0.05) is 12.1 Å². The Morgan fingerprint density at radius 3 is 2.28 bits per heavy atom. The van der Waals surface area contributed by atoms with Crippen LogP contribution in [0.1, 0.15) is 54.5 Å². The van der Waals surface area contributed by atoms with Crippen LogP contribution in [0.15, 0.2) is 30.5 Å². The number of carbonyl (C=O) groups is 1. The maximum absolute atomic E-state index is 13.8. The summed E-state index contributed by atoms with van der Waals surface area (Å²) in [6, 6.07) is 7.99. The molecule has 9 nitrogen and oxygen atoms in total. The van der Waals surface area contributed by atoms with Crippen LogP contribution in [0.3, 0.4) is 0 Å². The minimum atomic E-state index is -0.360. The first-order valence-electron chi connectivity index (χ1n) is 12.7. The fourth-order valence-corrected chi connectivity index (χ4v) is 5.66. The number of benzene rings is 1. The normalized spacial score (nSPS) is 16.5. The van der Waals surface area contributed by atoms with Crippen LogP contribution in [0.5, 0.6) is 0 Å².